The highest BCUT2D eigenvalue weighted by Crippen LogP contribution is 2.45. The van der Waals surface area contributed by atoms with Crippen molar-refractivity contribution in [2.45, 2.75) is 19.4 Å². The fourth-order valence-electron chi connectivity index (χ4n) is 1.64. The molecular formula is C14H17NO2. The third-order valence-electron chi connectivity index (χ3n) is 3.12. The molecule has 0 heterocycles. The topological polar surface area (TPSA) is 38.3 Å². The van der Waals surface area contributed by atoms with E-state index in [2.05, 4.69) is 11.9 Å². The van der Waals surface area contributed by atoms with Crippen molar-refractivity contribution in [1.82, 2.24) is 5.32 Å². The third kappa shape index (κ3) is 3.34. The smallest absolute Gasteiger partial charge is 0.407 e. The van der Waals surface area contributed by atoms with Gasteiger partial charge in [0.15, 0.2) is 0 Å². The number of carbonyl (C=O) groups is 1. The molecule has 1 aromatic carbocycles. The fraction of sp³-hybridized carbons (Fsp3) is 0.357. The van der Waals surface area contributed by atoms with E-state index in [1.807, 2.05) is 36.4 Å². The number of ether oxygens (including phenoxy) is 1. The molecular weight excluding hydrogens is 214 g/mol. The molecule has 3 nitrogen and oxygen atoms in total. The average Bonchev–Trinajstić information content (AvgIpc) is 3.16. The summed E-state index contributed by atoms with van der Waals surface area (Å²) >= 11 is 0. The lowest BCUT2D eigenvalue weighted by Gasteiger charge is -2.11. The Labute approximate surface area is 101 Å². The minimum atomic E-state index is -0.359. The highest BCUT2D eigenvalue weighted by Gasteiger charge is 2.39. The average molecular weight is 231 g/mol. The van der Waals surface area contributed by atoms with Gasteiger partial charge in [-0.25, -0.2) is 4.79 Å². The summed E-state index contributed by atoms with van der Waals surface area (Å²) in [5.74, 6) is 0. The molecule has 1 saturated carbocycles. The summed E-state index contributed by atoms with van der Waals surface area (Å²) in [5.41, 5.74) is 1.12. The Morgan fingerprint density at radius 2 is 2.12 bits per heavy atom. The molecule has 1 fully saturated rings. The zero-order chi connectivity index (χ0) is 12.1. The van der Waals surface area contributed by atoms with E-state index in [0.717, 1.165) is 18.4 Å². The Bertz CT molecular complexity index is 396. The van der Waals surface area contributed by atoms with Crippen LogP contribution < -0.4 is 5.32 Å². The van der Waals surface area contributed by atoms with Crippen LogP contribution in [0.4, 0.5) is 4.79 Å². The van der Waals surface area contributed by atoms with Crippen LogP contribution >= 0.6 is 0 Å². The molecule has 1 N–H and O–H groups in total. The maximum atomic E-state index is 11.4. The molecule has 0 saturated heterocycles. The quantitative estimate of drug-likeness (QED) is 0.791. The number of amides is 1. The van der Waals surface area contributed by atoms with Crippen LogP contribution in [0, 0.1) is 5.41 Å². The summed E-state index contributed by atoms with van der Waals surface area (Å²) in [7, 11) is 0. The number of hydrogen-bond donors (Lipinski definition) is 1. The van der Waals surface area contributed by atoms with Gasteiger partial charge in [0.1, 0.15) is 6.61 Å². The lowest BCUT2D eigenvalue weighted by molar-refractivity contribution is 0.138. The van der Waals surface area contributed by atoms with Gasteiger partial charge in [-0.15, -0.1) is 6.58 Å². The minimum Gasteiger partial charge on any atom is -0.445 e. The molecule has 1 amide bonds. The first-order valence-corrected chi connectivity index (χ1v) is 5.82. The van der Waals surface area contributed by atoms with Crippen LogP contribution in [0.15, 0.2) is 43.0 Å². The van der Waals surface area contributed by atoms with Crippen molar-refractivity contribution in [2.75, 3.05) is 6.54 Å². The summed E-state index contributed by atoms with van der Waals surface area (Å²) in [5, 5.41) is 2.77. The maximum Gasteiger partial charge on any atom is 0.407 e. The van der Waals surface area contributed by atoms with Gasteiger partial charge in [0.25, 0.3) is 0 Å². The van der Waals surface area contributed by atoms with Crippen LogP contribution in [0.5, 0.6) is 0 Å². The molecule has 3 heteroatoms. The highest BCUT2D eigenvalue weighted by atomic mass is 16.5. The number of nitrogens with one attached hydrogen (secondary N) is 1. The summed E-state index contributed by atoms with van der Waals surface area (Å²) in [6, 6.07) is 9.64. The van der Waals surface area contributed by atoms with Crippen LogP contribution in [-0.2, 0) is 11.3 Å². The summed E-state index contributed by atoms with van der Waals surface area (Å²) in [6.45, 7) is 4.72. The van der Waals surface area contributed by atoms with Gasteiger partial charge >= 0.3 is 6.09 Å². The summed E-state index contributed by atoms with van der Waals surface area (Å²) in [4.78, 5) is 11.4. The van der Waals surface area contributed by atoms with Gasteiger partial charge in [-0.2, -0.15) is 0 Å². The molecule has 0 atom stereocenters. The normalized spacial score (nSPS) is 16.0. The Morgan fingerprint density at radius 3 is 2.71 bits per heavy atom. The highest BCUT2D eigenvalue weighted by molar-refractivity contribution is 5.67. The molecule has 90 valence electrons. The van der Waals surface area contributed by atoms with E-state index in [4.69, 9.17) is 4.74 Å². The van der Waals surface area contributed by atoms with E-state index in [-0.39, 0.29) is 11.5 Å². The van der Waals surface area contributed by atoms with E-state index in [9.17, 15) is 4.79 Å². The lowest BCUT2D eigenvalue weighted by atomic mass is 10.1. The van der Waals surface area contributed by atoms with Crippen molar-refractivity contribution >= 4 is 6.09 Å². The lowest BCUT2D eigenvalue weighted by Crippen LogP contribution is -2.29. The monoisotopic (exact) mass is 231 g/mol. The molecule has 0 unspecified atom stereocenters. The molecule has 1 aromatic rings. The fourth-order valence-corrected chi connectivity index (χ4v) is 1.64. The van der Waals surface area contributed by atoms with Crippen LogP contribution in [0.1, 0.15) is 18.4 Å². The Hall–Kier alpha value is -1.77. The van der Waals surface area contributed by atoms with Crippen LogP contribution in [0.3, 0.4) is 0 Å². The maximum absolute atomic E-state index is 11.4. The van der Waals surface area contributed by atoms with Crippen LogP contribution in [0.25, 0.3) is 0 Å². The SMILES string of the molecule is C=CC1(CNC(=O)OCc2ccccc2)CC1. The predicted octanol–water partition coefficient (Wildman–Crippen LogP) is 2.88. The molecule has 0 aliphatic heterocycles. The second-order valence-corrected chi connectivity index (χ2v) is 4.48. The first-order chi connectivity index (χ1) is 8.24. The van der Waals surface area contributed by atoms with E-state index in [0.29, 0.717) is 13.2 Å². The van der Waals surface area contributed by atoms with Crippen LogP contribution in [-0.4, -0.2) is 12.6 Å². The molecule has 2 rings (SSSR count). The van der Waals surface area contributed by atoms with Crippen molar-refractivity contribution in [1.29, 1.82) is 0 Å². The largest absolute Gasteiger partial charge is 0.445 e. The molecule has 0 spiro atoms. The van der Waals surface area contributed by atoms with E-state index >= 15 is 0 Å². The number of benzene rings is 1. The molecule has 0 radical (unpaired) electrons. The van der Waals surface area contributed by atoms with Gasteiger partial charge in [-0.05, 0) is 18.4 Å². The molecule has 1 aliphatic rings. The Kier molecular flexibility index (Phi) is 3.47. The number of alkyl carbamates (subject to hydrolysis) is 1. The summed E-state index contributed by atoms with van der Waals surface area (Å²) < 4.78 is 5.11. The zero-order valence-electron chi connectivity index (χ0n) is 9.82. The first-order valence-electron chi connectivity index (χ1n) is 5.82. The van der Waals surface area contributed by atoms with Gasteiger partial charge in [0.05, 0.1) is 0 Å². The van der Waals surface area contributed by atoms with Crippen molar-refractivity contribution in [3.05, 3.63) is 48.6 Å². The van der Waals surface area contributed by atoms with Crippen molar-refractivity contribution in [3.63, 3.8) is 0 Å². The molecule has 1 aliphatic carbocycles. The van der Waals surface area contributed by atoms with Crippen LogP contribution in [0.2, 0.25) is 0 Å². The third-order valence-corrected chi connectivity index (χ3v) is 3.12. The Balaban J connectivity index is 1.69. The number of hydrogen-bond acceptors (Lipinski definition) is 2. The van der Waals surface area contributed by atoms with Crippen molar-refractivity contribution in [2.24, 2.45) is 5.41 Å². The summed E-state index contributed by atoms with van der Waals surface area (Å²) in [6.07, 6.45) is 3.78. The molecule has 17 heavy (non-hydrogen) atoms. The zero-order valence-corrected chi connectivity index (χ0v) is 9.82. The van der Waals surface area contributed by atoms with E-state index in [1.54, 1.807) is 0 Å². The minimum absolute atomic E-state index is 0.131. The van der Waals surface area contributed by atoms with E-state index < -0.39 is 0 Å². The Morgan fingerprint density at radius 1 is 1.41 bits per heavy atom. The van der Waals surface area contributed by atoms with Gasteiger partial charge in [0, 0.05) is 12.0 Å². The molecule has 0 bridgehead atoms. The van der Waals surface area contributed by atoms with Crippen molar-refractivity contribution in [3.8, 4) is 0 Å². The first kappa shape index (κ1) is 11.7. The van der Waals surface area contributed by atoms with Gasteiger partial charge in [-0.3, -0.25) is 0 Å². The van der Waals surface area contributed by atoms with E-state index in [1.165, 1.54) is 0 Å². The van der Waals surface area contributed by atoms with Crippen molar-refractivity contribution < 1.29 is 9.53 Å². The predicted molar refractivity (Wildman–Crippen MR) is 66.5 cm³/mol. The number of carbonyl (C=O) groups excluding carboxylic acids is 1. The molecule has 0 aromatic heterocycles. The second kappa shape index (κ2) is 5.04. The second-order valence-electron chi connectivity index (χ2n) is 4.48. The van der Waals surface area contributed by atoms with Gasteiger partial charge < -0.3 is 10.1 Å². The standard InChI is InChI=1S/C14H17NO2/c1-2-14(8-9-14)11-15-13(16)17-10-12-6-4-3-5-7-12/h2-7H,1,8-11H2,(H,15,16). The van der Waals surface area contributed by atoms with Gasteiger partial charge in [-0.1, -0.05) is 36.4 Å². The number of rotatable bonds is 5. The van der Waals surface area contributed by atoms with Gasteiger partial charge in [0.2, 0.25) is 0 Å².